The fourth-order valence-corrected chi connectivity index (χ4v) is 2.60. The Kier molecular flexibility index (Phi) is 3.78. The summed E-state index contributed by atoms with van der Waals surface area (Å²) in [7, 11) is 0. The molecular weight excluding hydrogens is 266 g/mol. The lowest BCUT2D eigenvalue weighted by Crippen LogP contribution is -2.04. The first-order valence-corrected chi connectivity index (χ1v) is 6.80. The van der Waals surface area contributed by atoms with Crippen molar-refractivity contribution in [3.8, 4) is 0 Å². The molecule has 0 aliphatic carbocycles. The van der Waals surface area contributed by atoms with Crippen molar-refractivity contribution in [3.63, 3.8) is 0 Å². The SMILES string of the molecule is Fc1cccc(C(c2ccccc2)c2cccc(F)c2)c1. The summed E-state index contributed by atoms with van der Waals surface area (Å²) in [4.78, 5) is 0. The van der Waals surface area contributed by atoms with Gasteiger partial charge in [0.25, 0.3) is 0 Å². The van der Waals surface area contributed by atoms with E-state index in [-0.39, 0.29) is 17.6 Å². The predicted molar refractivity (Wildman–Crippen MR) is 80.2 cm³/mol. The van der Waals surface area contributed by atoms with Crippen LogP contribution in [0.15, 0.2) is 78.9 Å². The Morgan fingerprint density at radius 3 is 1.48 bits per heavy atom. The van der Waals surface area contributed by atoms with Crippen molar-refractivity contribution >= 4 is 0 Å². The average molecular weight is 280 g/mol. The zero-order chi connectivity index (χ0) is 14.7. The van der Waals surface area contributed by atoms with Crippen LogP contribution in [0.4, 0.5) is 8.78 Å². The lowest BCUT2D eigenvalue weighted by Gasteiger charge is -2.19. The van der Waals surface area contributed by atoms with Gasteiger partial charge in [-0.05, 0) is 41.0 Å². The molecule has 21 heavy (non-hydrogen) atoms. The summed E-state index contributed by atoms with van der Waals surface area (Å²) in [6.07, 6.45) is 0. The fourth-order valence-electron chi connectivity index (χ4n) is 2.60. The minimum absolute atomic E-state index is 0.183. The van der Waals surface area contributed by atoms with Gasteiger partial charge in [0.15, 0.2) is 0 Å². The van der Waals surface area contributed by atoms with Crippen molar-refractivity contribution in [2.45, 2.75) is 5.92 Å². The van der Waals surface area contributed by atoms with E-state index < -0.39 is 0 Å². The van der Waals surface area contributed by atoms with Crippen LogP contribution in [0.5, 0.6) is 0 Å². The van der Waals surface area contributed by atoms with Gasteiger partial charge < -0.3 is 0 Å². The summed E-state index contributed by atoms with van der Waals surface area (Å²) in [5.74, 6) is -0.757. The van der Waals surface area contributed by atoms with E-state index in [1.54, 1.807) is 12.1 Å². The van der Waals surface area contributed by atoms with Crippen LogP contribution in [0, 0.1) is 11.6 Å². The molecular formula is C19H14F2. The van der Waals surface area contributed by atoms with Crippen molar-refractivity contribution in [3.05, 3.63) is 107 Å². The van der Waals surface area contributed by atoms with E-state index in [0.717, 1.165) is 16.7 Å². The summed E-state index contributed by atoms with van der Waals surface area (Å²) in [5, 5.41) is 0. The van der Waals surface area contributed by atoms with Crippen molar-refractivity contribution in [2.24, 2.45) is 0 Å². The molecule has 0 saturated carbocycles. The van der Waals surface area contributed by atoms with Crippen LogP contribution >= 0.6 is 0 Å². The zero-order valence-corrected chi connectivity index (χ0v) is 11.3. The molecule has 0 aromatic heterocycles. The molecule has 0 amide bonds. The van der Waals surface area contributed by atoms with E-state index in [9.17, 15) is 8.78 Å². The lowest BCUT2D eigenvalue weighted by molar-refractivity contribution is 0.622. The standard InChI is InChI=1S/C19H14F2/c20-17-10-4-8-15(12-17)19(14-6-2-1-3-7-14)16-9-5-11-18(21)13-16/h1-13,19H. The molecule has 0 nitrogen and oxygen atoms in total. The summed E-state index contributed by atoms with van der Waals surface area (Å²) in [6, 6.07) is 22.7. The first kappa shape index (κ1) is 13.5. The Morgan fingerprint density at radius 1 is 0.524 bits per heavy atom. The summed E-state index contributed by atoms with van der Waals surface area (Å²) >= 11 is 0. The highest BCUT2D eigenvalue weighted by Crippen LogP contribution is 2.32. The first-order valence-electron chi connectivity index (χ1n) is 6.80. The van der Waals surface area contributed by atoms with Crippen molar-refractivity contribution < 1.29 is 8.78 Å². The molecule has 3 aromatic rings. The lowest BCUT2D eigenvalue weighted by atomic mass is 9.85. The molecule has 0 unspecified atom stereocenters. The molecule has 2 heteroatoms. The molecule has 0 spiro atoms. The molecule has 0 saturated heterocycles. The zero-order valence-electron chi connectivity index (χ0n) is 11.3. The van der Waals surface area contributed by atoms with Crippen LogP contribution in [-0.2, 0) is 0 Å². The maximum Gasteiger partial charge on any atom is 0.123 e. The van der Waals surface area contributed by atoms with Crippen LogP contribution in [0.3, 0.4) is 0 Å². The van der Waals surface area contributed by atoms with Gasteiger partial charge in [-0.1, -0.05) is 54.6 Å². The molecule has 0 atom stereocenters. The number of rotatable bonds is 3. The van der Waals surface area contributed by atoms with Gasteiger partial charge in [0.2, 0.25) is 0 Å². The largest absolute Gasteiger partial charge is 0.207 e. The van der Waals surface area contributed by atoms with Crippen molar-refractivity contribution in [1.82, 2.24) is 0 Å². The predicted octanol–water partition coefficient (Wildman–Crippen LogP) is 5.15. The Labute approximate surface area is 122 Å². The van der Waals surface area contributed by atoms with Gasteiger partial charge in [-0.3, -0.25) is 0 Å². The van der Waals surface area contributed by atoms with Crippen molar-refractivity contribution in [2.75, 3.05) is 0 Å². The fraction of sp³-hybridized carbons (Fsp3) is 0.0526. The molecule has 104 valence electrons. The third-order valence-electron chi connectivity index (χ3n) is 3.50. The Hall–Kier alpha value is -2.48. The van der Waals surface area contributed by atoms with E-state index >= 15 is 0 Å². The van der Waals surface area contributed by atoms with Gasteiger partial charge in [-0.2, -0.15) is 0 Å². The highest BCUT2D eigenvalue weighted by Gasteiger charge is 2.17. The second-order valence-corrected chi connectivity index (χ2v) is 4.95. The van der Waals surface area contributed by atoms with E-state index in [2.05, 4.69) is 0 Å². The third-order valence-corrected chi connectivity index (χ3v) is 3.50. The molecule has 0 aliphatic rings. The minimum Gasteiger partial charge on any atom is -0.207 e. The number of halogens is 2. The van der Waals surface area contributed by atoms with Gasteiger partial charge in [-0.25, -0.2) is 8.78 Å². The maximum absolute atomic E-state index is 13.6. The quantitative estimate of drug-likeness (QED) is 0.582. The van der Waals surface area contributed by atoms with Crippen LogP contribution in [0.1, 0.15) is 22.6 Å². The highest BCUT2D eigenvalue weighted by atomic mass is 19.1. The van der Waals surface area contributed by atoms with Gasteiger partial charge >= 0.3 is 0 Å². The van der Waals surface area contributed by atoms with Crippen LogP contribution in [0.25, 0.3) is 0 Å². The smallest absolute Gasteiger partial charge is 0.123 e. The molecule has 0 radical (unpaired) electrons. The molecule has 0 fully saturated rings. The first-order chi connectivity index (χ1) is 10.2. The number of hydrogen-bond donors (Lipinski definition) is 0. The Bertz CT molecular complexity index is 690. The Morgan fingerprint density at radius 2 is 1.00 bits per heavy atom. The van der Waals surface area contributed by atoms with Crippen LogP contribution < -0.4 is 0 Å². The monoisotopic (exact) mass is 280 g/mol. The second-order valence-electron chi connectivity index (χ2n) is 4.95. The summed E-state index contributed by atoms with van der Waals surface area (Å²) in [6.45, 7) is 0. The van der Waals surface area contributed by atoms with Crippen LogP contribution in [-0.4, -0.2) is 0 Å². The molecule has 0 bridgehead atoms. The van der Waals surface area contributed by atoms with Crippen LogP contribution in [0.2, 0.25) is 0 Å². The Balaban J connectivity index is 2.16. The topological polar surface area (TPSA) is 0 Å². The van der Waals surface area contributed by atoms with Gasteiger partial charge in [-0.15, -0.1) is 0 Å². The average Bonchev–Trinajstić information content (AvgIpc) is 2.49. The molecule has 0 aliphatic heterocycles. The normalized spacial score (nSPS) is 10.8. The van der Waals surface area contributed by atoms with E-state index in [1.165, 1.54) is 24.3 Å². The van der Waals surface area contributed by atoms with E-state index in [0.29, 0.717) is 0 Å². The van der Waals surface area contributed by atoms with E-state index in [4.69, 9.17) is 0 Å². The summed E-state index contributed by atoms with van der Waals surface area (Å²) < 4.78 is 27.1. The minimum atomic E-state index is -0.287. The number of hydrogen-bond acceptors (Lipinski definition) is 0. The third kappa shape index (κ3) is 3.00. The highest BCUT2D eigenvalue weighted by molar-refractivity contribution is 5.43. The molecule has 3 aromatic carbocycles. The van der Waals surface area contributed by atoms with Gasteiger partial charge in [0, 0.05) is 5.92 Å². The molecule has 0 N–H and O–H groups in total. The number of benzene rings is 3. The van der Waals surface area contributed by atoms with Gasteiger partial charge in [0.1, 0.15) is 11.6 Å². The van der Waals surface area contributed by atoms with Gasteiger partial charge in [0.05, 0.1) is 0 Å². The molecule has 0 heterocycles. The maximum atomic E-state index is 13.6. The molecule has 3 rings (SSSR count). The van der Waals surface area contributed by atoms with Crippen molar-refractivity contribution in [1.29, 1.82) is 0 Å². The summed E-state index contributed by atoms with van der Waals surface area (Å²) in [5.41, 5.74) is 2.63. The second kappa shape index (κ2) is 5.88. The van der Waals surface area contributed by atoms with E-state index in [1.807, 2.05) is 42.5 Å².